The van der Waals surface area contributed by atoms with Crippen molar-refractivity contribution in [3.8, 4) is 0 Å². The predicted octanol–water partition coefficient (Wildman–Crippen LogP) is 2.86. The van der Waals surface area contributed by atoms with Crippen molar-refractivity contribution in [3.05, 3.63) is 35.4 Å². The third-order valence-corrected chi connectivity index (χ3v) is 3.46. The zero-order valence-electron chi connectivity index (χ0n) is 12.8. The number of carbonyl (C=O) groups excluding carboxylic acids is 1. The average Bonchev–Trinajstić information content (AvgIpc) is 2.43. The molecule has 5 heteroatoms. The van der Waals surface area contributed by atoms with Crippen molar-refractivity contribution >= 4 is 12.0 Å². The zero-order chi connectivity index (χ0) is 15.8. The number of aryl methyl sites for hydroxylation is 1. The number of rotatable bonds is 7. The number of hydrogen-bond acceptors (Lipinski definition) is 2. The predicted molar refractivity (Wildman–Crippen MR) is 82.2 cm³/mol. The number of carboxylic acid groups (broad SMARTS) is 1. The summed E-state index contributed by atoms with van der Waals surface area (Å²) in [4.78, 5) is 22.3. The highest BCUT2D eigenvalue weighted by Crippen LogP contribution is 2.16. The zero-order valence-corrected chi connectivity index (χ0v) is 12.8. The standard InChI is InChI=1S/C16H24N2O3/c1-11(8-9-15(19)20)10-17-16(21)18-13(3)14-7-5-4-6-12(14)2/h4-7,11,13H,8-10H2,1-3H3,(H,19,20)(H2,17,18,21). The summed E-state index contributed by atoms with van der Waals surface area (Å²) in [6, 6.07) is 7.63. The van der Waals surface area contributed by atoms with Gasteiger partial charge in [0.1, 0.15) is 0 Å². The Morgan fingerprint density at radius 3 is 2.52 bits per heavy atom. The molecule has 3 N–H and O–H groups in total. The van der Waals surface area contributed by atoms with Crippen molar-refractivity contribution in [1.29, 1.82) is 0 Å². The Balaban J connectivity index is 2.37. The first-order chi connectivity index (χ1) is 9.90. The van der Waals surface area contributed by atoms with Gasteiger partial charge in [0.15, 0.2) is 0 Å². The smallest absolute Gasteiger partial charge is 0.315 e. The molecule has 0 aliphatic carbocycles. The van der Waals surface area contributed by atoms with Crippen LogP contribution in [-0.4, -0.2) is 23.7 Å². The number of carboxylic acids is 1. The molecule has 2 unspecified atom stereocenters. The second kappa shape index (κ2) is 8.29. The summed E-state index contributed by atoms with van der Waals surface area (Å²) in [6.07, 6.45) is 0.688. The van der Waals surface area contributed by atoms with Gasteiger partial charge in [0.05, 0.1) is 6.04 Å². The third-order valence-electron chi connectivity index (χ3n) is 3.46. The molecule has 0 aliphatic heterocycles. The molecule has 0 aliphatic rings. The van der Waals surface area contributed by atoms with E-state index < -0.39 is 5.97 Å². The fourth-order valence-electron chi connectivity index (χ4n) is 2.14. The van der Waals surface area contributed by atoms with E-state index in [0.717, 1.165) is 11.1 Å². The van der Waals surface area contributed by atoms with E-state index in [1.54, 1.807) is 0 Å². The molecule has 1 aromatic rings. The van der Waals surface area contributed by atoms with Crippen molar-refractivity contribution in [2.45, 2.75) is 39.7 Å². The van der Waals surface area contributed by atoms with Crippen LogP contribution in [-0.2, 0) is 4.79 Å². The molecule has 0 fully saturated rings. The topological polar surface area (TPSA) is 78.4 Å². The summed E-state index contributed by atoms with van der Waals surface area (Å²) >= 11 is 0. The quantitative estimate of drug-likeness (QED) is 0.723. The summed E-state index contributed by atoms with van der Waals surface area (Å²) in [7, 11) is 0. The number of amides is 2. The van der Waals surface area contributed by atoms with Crippen LogP contribution in [0.15, 0.2) is 24.3 Å². The van der Waals surface area contributed by atoms with Crippen LogP contribution in [0.25, 0.3) is 0 Å². The van der Waals surface area contributed by atoms with Gasteiger partial charge in [-0.2, -0.15) is 0 Å². The molecular formula is C16H24N2O3. The van der Waals surface area contributed by atoms with Gasteiger partial charge in [-0.15, -0.1) is 0 Å². The van der Waals surface area contributed by atoms with Crippen molar-refractivity contribution in [2.24, 2.45) is 5.92 Å². The van der Waals surface area contributed by atoms with Crippen LogP contribution in [0.1, 0.15) is 43.9 Å². The fourth-order valence-corrected chi connectivity index (χ4v) is 2.14. The van der Waals surface area contributed by atoms with Gasteiger partial charge in [-0.3, -0.25) is 4.79 Å². The number of hydrogen-bond donors (Lipinski definition) is 3. The van der Waals surface area contributed by atoms with Crippen LogP contribution in [0, 0.1) is 12.8 Å². The number of carbonyl (C=O) groups is 2. The maximum absolute atomic E-state index is 11.8. The van der Waals surface area contributed by atoms with E-state index in [1.807, 2.05) is 45.0 Å². The maximum atomic E-state index is 11.8. The molecule has 1 rings (SSSR count). The average molecular weight is 292 g/mol. The summed E-state index contributed by atoms with van der Waals surface area (Å²) in [5.41, 5.74) is 2.23. The van der Waals surface area contributed by atoms with E-state index in [1.165, 1.54) is 0 Å². The summed E-state index contributed by atoms with van der Waals surface area (Å²) < 4.78 is 0. The molecule has 0 spiro atoms. The monoisotopic (exact) mass is 292 g/mol. The molecule has 5 nitrogen and oxygen atoms in total. The first kappa shape index (κ1) is 17.0. The van der Waals surface area contributed by atoms with Crippen LogP contribution in [0.4, 0.5) is 4.79 Å². The molecule has 1 aromatic carbocycles. The SMILES string of the molecule is Cc1ccccc1C(C)NC(=O)NCC(C)CCC(=O)O. The number of urea groups is 1. The van der Waals surface area contributed by atoms with Crippen molar-refractivity contribution in [2.75, 3.05) is 6.54 Å². The van der Waals surface area contributed by atoms with Crippen LogP contribution in [0.3, 0.4) is 0 Å². The van der Waals surface area contributed by atoms with E-state index in [0.29, 0.717) is 13.0 Å². The number of nitrogens with one attached hydrogen (secondary N) is 2. The second-order valence-electron chi connectivity index (χ2n) is 5.47. The number of benzene rings is 1. The molecule has 2 atom stereocenters. The Labute approximate surface area is 125 Å². The summed E-state index contributed by atoms with van der Waals surface area (Å²) in [5, 5.41) is 14.3. The lowest BCUT2D eigenvalue weighted by atomic mass is 10.0. The molecule has 0 bridgehead atoms. The molecule has 0 aromatic heterocycles. The van der Waals surface area contributed by atoms with Crippen LogP contribution >= 0.6 is 0 Å². The van der Waals surface area contributed by atoms with E-state index in [-0.39, 0.29) is 24.4 Å². The molecule has 0 saturated heterocycles. The molecule has 2 amide bonds. The minimum Gasteiger partial charge on any atom is -0.481 e. The Kier molecular flexibility index (Phi) is 6.72. The highest BCUT2D eigenvalue weighted by molar-refractivity contribution is 5.74. The van der Waals surface area contributed by atoms with Gasteiger partial charge in [-0.25, -0.2) is 4.79 Å². The van der Waals surface area contributed by atoms with Crippen LogP contribution < -0.4 is 10.6 Å². The van der Waals surface area contributed by atoms with Gasteiger partial charge in [0.2, 0.25) is 0 Å². The first-order valence-corrected chi connectivity index (χ1v) is 7.21. The normalized spacial score (nSPS) is 13.3. The van der Waals surface area contributed by atoms with Gasteiger partial charge in [0.25, 0.3) is 0 Å². The van der Waals surface area contributed by atoms with Gasteiger partial charge < -0.3 is 15.7 Å². The highest BCUT2D eigenvalue weighted by atomic mass is 16.4. The van der Waals surface area contributed by atoms with E-state index in [9.17, 15) is 9.59 Å². The van der Waals surface area contributed by atoms with Crippen molar-refractivity contribution in [3.63, 3.8) is 0 Å². The molecule has 0 saturated carbocycles. The van der Waals surface area contributed by atoms with Crippen LogP contribution in [0.5, 0.6) is 0 Å². The van der Waals surface area contributed by atoms with E-state index in [4.69, 9.17) is 5.11 Å². The van der Waals surface area contributed by atoms with Gasteiger partial charge >= 0.3 is 12.0 Å². The lowest BCUT2D eigenvalue weighted by Crippen LogP contribution is -2.39. The van der Waals surface area contributed by atoms with Gasteiger partial charge in [0, 0.05) is 13.0 Å². The third kappa shape index (κ3) is 6.29. The lowest BCUT2D eigenvalue weighted by Gasteiger charge is -2.18. The maximum Gasteiger partial charge on any atom is 0.315 e. The Morgan fingerprint density at radius 2 is 1.90 bits per heavy atom. The molecule has 21 heavy (non-hydrogen) atoms. The Morgan fingerprint density at radius 1 is 1.24 bits per heavy atom. The van der Waals surface area contributed by atoms with Crippen molar-refractivity contribution in [1.82, 2.24) is 10.6 Å². The van der Waals surface area contributed by atoms with Crippen LogP contribution in [0.2, 0.25) is 0 Å². The highest BCUT2D eigenvalue weighted by Gasteiger charge is 2.12. The van der Waals surface area contributed by atoms with E-state index in [2.05, 4.69) is 10.6 Å². The van der Waals surface area contributed by atoms with Crippen molar-refractivity contribution < 1.29 is 14.7 Å². The minimum absolute atomic E-state index is 0.0690. The lowest BCUT2D eigenvalue weighted by molar-refractivity contribution is -0.137. The fraction of sp³-hybridized carbons (Fsp3) is 0.500. The van der Waals surface area contributed by atoms with E-state index >= 15 is 0 Å². The largest absolute Gasteiger partial charge is 0.481 e. The Hall–Kier alpha value is -2.04. The molecule has 0 radical (unpaired) electrons. The number of aliphatic carboxylic acids is 1. The Bertz CT molecular complexity index is 488. The van der Waals surface area contributed by atoms with Gasteiger partial charge in [-0.05, 0) is 37.3 Å². The molecular weight excluding hydrogens is 268 g/mol. The summed E-state index contributed by atoms with van der Waals surface area (Å²) in [5.74, 6) is -0.667. The van der Waals surface area contributed by atoms with Gasteiger partial charge in [-0.1, -0.05) is 31.2 Å². The molecule has 116 valence electrons. The first-order valence-electron chi connectivity index (χ1n) is 7.21. The summed E-state index contributed by atoms with van der Waals surface area (Å²) in [6.45, 7) is 6.35. The minimum atomic E-state index is -0.806. The molecule has 0 heterocycles. The second-order valence-corrected chi connectivity index (χ2v) is 5.47.